The molecule has 1 nitrogen and oxygen atoms in total. The molecule has 15 atom stereocenters. The van der Waals surface area contributed by atoms with Crippen molar-refractivity contribution in [1.82, 2.24) is 4.90 Å². The molecule has 0 bridgehead atoms. The highest BCUT2D eigenvalue weighted by Gasteiger charge is 2.60. The second-order valence-corrected chi connectivity index (χ2v) is 26.1. The van der Waals surface area contributed by atoms with E-state index in [1.54, 1.807) is 231 Å². The van der Waals surface area contributed by atoms with Gasteiger partial charge in [0.15, 0.2) is 0 Å². The normalized spacial score (nSPS) is 53.0. The molecule has 0 heterocycles. The number of fused-ring (bicyclic) bond motifs is 9. The van der Waals surface area contributed by atoms with Gasteiger partial charge in [0.1, 0.15) is 0 Å². The van der Waals surface area contributed by atoms with Crippen LogP contribution in [0.1, 0.15) is 238 Å². The Morgan fingerprint density at radius 1 is 0.203 bits per heavy atom. The van der Waals surface area contributed by atoms with E-state index in [4.69, 9.17) is 0 Å². The molecule has 0 aromatic rings. The lowest BCUT2D eigenvalue weighted by Gasteiger charge is -2.56. The SMILES string of the molecule is C1CCC(C2CCC(N(C3CCC(C4CC5CCCCC5C5CCCCC45)CC3)C3CCCC4C3CC3C5CCCCC5CC(C5CC6CCCCC6C5)C34)CC2)CC1. The topological polar surface area (TPSA) is 3.24 Å². The van der Waals surface area contributed by atoms with E-state index in [0.717, 1.165) is 125 Å². The summed E-state index contributed by atoms with van der Waals surface area (Å²) >= 11 is 0. The fourth-order valence-corrected chi connectivity index (χ4v) is 22.1. The Bertz CT molecular complexity index is 1350. The molecule has 12 saturated carbocycles. The molecule has 332 valence electrons. The van der Waals surface area contributed by atoms with Crippen LogP contribution in [0, 0.1) is 107 Å². The van der Waals surface area contributed by atoms with Crippen molar-refractivity contribution in [3.05, 3.63) is 0 Å². The summed E-state index contributed by atoms with van der Waals surface area (Å²) in [5.74, 6) is 20.0. The van der Waals surface area contributed by atoms with Gasteiger partial charge in [-0.2, -0.15) is 0 Å². The number of rotatable bonds is 6. The van der Waals surface area contributed by atoms with Gasteiger partial charge in [-0.15, -0.1) is 0 Å². The standard InChI is InChI=1S/C58H95N/c1-2-13-38(14-3-1)39-25-29-46(30-26-39)59(47-31-27-40(28-32-47)53-35-43-17-6-8-19-48(43)50-21-10-11-22-51(50)53)57-24-12-23-52-55(57)37-56-49-20-9-7-18-44(49)36-54(58(52)56)45-33-41-15-4-5-16-42(41)34-45/h38-58H,1-37H2. The first-order chi connectivity index (χ1) is 29.2. The number of hydrogen-bond donors (Lipinski definition) is 0. The van der Waals surface area contributed by atoms with Crippen LogP contribution in [-0.2, 0) is 0 Å². The largest absolute Gasteiger partial charge is 0.294 e. The van der Waals surface area contributed by atoms with Crippen molar-refractivity contribution in [2.45, 2.75) is 256 Å². The van der Waals surface area contributed by atoms with E-state index in [1.807, 2.05) is 0 Å². The summed E-state index contributed by atoms with van der Waals surface area (Å²) in [6.45, 7) is 0. The zero-order chi connectivity index (χ0) is 38.9. The van der Waals surface area contributed by atoms with E-state index < -0.39 is 0 Å². The van der Waals surface area contributed by atoms with Crippen LogP contribution in [0.5, 0.6) is 0 Å². The van der Waals surface area contributed by atoms with E-state index in [-0.39, 0.29) is 0 Å². The maximum atomic E-state index is 3.54. The van der Waals surface area contributed by atoms with Gasteiger partial charge in [-0.3, -0.25) is 4.90 Å². The minimum absolute atomic E-state index is 0.929. The summed E-state index contributed by atoms with van der Waals surface area (Å²) in [4.78, 5) is 3.54. The zero-order valence-electron chi connectivity index (χ0n) is 38.7. The zero-order valence-corrected chi connectivity index (χ0v) is 38.7. The molecule has 0 aromatic heterocycles. The third-order valence-electron chi connectivity index (χ3n) is 24.2. The predicted octanol–water partition coefficient (Wildman–Crippen LogP) is 16.1. The fraction of sp³-hybridized carbons (Fsp3) is 1.00. The van der Waals surface area contributed by atoms with Crippen molar-refractivity contribution < 1.29 is 0 Å². The van der Waals surface area contributed by atoms with Gasteiger partial charge in [0.2, 0.25) is 0 Å². The highest BCUT2D eigenvalue weighted by Crippen LogP contribution is 2.66. The maximum Gasteiger partial charge on any atom is 0.0132 e. The van der Waals surface area contributed by atoms with Crippen LogP contribution in [0.2, 0.25) is 0 Å². The first kappa shape index (κ1) is 40.5. The Morgan fingerprint density at radius 3 is 1.31 bits per heavy atom. The molecule has 0 N–H and O–H groups in total. The van der Waals surface area contributed by atoms with Gasteiger partial charge in [0, 0.05) is 18.1 Å². The first-order valence-corrected chi connectivity index (χ1v) is 29.0. The van der Waals surface area contributed by atoms with Crippen LogP contribution >= 0.6 is 0 Å². The third kappa shape index (κ3) is 7.66. The lowest BCUT2D eigenvalue weighted by Crippen LogP contribution is -2.56. The predicted molar refractivity (Wildman–Crippen MR) is 247 cm³/mol. The summed E-state index contributed by atoms with van der Waals surface area (Å²) in [7, 11) is 0. The monoisotopic (exact) mass is 806 g/mol. The lowest BCUT2D eigenvalue weighted by atomic mass is 9.51. The van der Waals surface area contributed by atoms with E-state index in [9.17, 15) is 0 Å². The Balaban J connectivity index is 0.805. The van der Waals surface area contributed by atoms with Crippen LogP contribution in [0.3, 0.4) is 0 Å². The summed E-state index contributed by atoms with van der Waals surface area (Å²) in [6.07, 6.45) is 59.1. The minimum Gasteiger partial charge on any atom is -0.294 e. The van der Waals surface area contributed by atoms with Crippen LogP contribution in [0.15, 0.2) is 0 Å². The van der Waals surface area contributed by atoms with E-state index in [0.29, 0.717) is 0 Å². The van der Waals surface area contributed by atoms with Crippen molar-refractivity contribution in [3.63, 3.8) is 0 Å². The summed E-state index contributed by atoms with van der Waals surface area (Å²) < 4.78 is 0. The van der Waals surface area contributed by atoms with Crippen LogP contribution in [-0.4, -0.2) is 23.0 Å². The second-order valence-electron chi connectivity index (χ2n) is 26.1. The molecule has 12 aliphatic carbocycles. The van der Waals surface area contributed by atoms with Crippen LogP contribution in [0.4, 0.5) is 0 Å². The first-order valence-electron chi connectivity index (χ1n) is 29.0. The molecule has 0 aliphatic heterocycles. The maximum absolute atomic E-state index is 3.54. The van der Waals surface area contributed by atoms with Gasteiger partial charge in [0.05, 0.1) is 0 Å². The molecule has 59 heavy (non-hydrogen) atoms. The second kappa shape index (κ2) is 17.7. The molecule has 12 rings (SSSR count). The minimum atomic E-state index is 0.929. The fourth-order valence-electron chi connectivity index (χ4n) is 22.1. The Labute approximate surface area is 365 Å². The van der Waals surface area contributed by atoms with Gasteiger partial charge in [-0.25, -0.2) is 0 Å². The van der Waals surface area contributed by atoms with Crippen molar-refractivity contribution >= 4 is 0 Å². The number of hydrogen-bond acceptors (Lipinski definition) is 1. The quantitative estimate of drug-likeness (QED) is 0.258. The van der Waals surface area contributed by atoms with Crippen molar-refractivity contribution in [3.8, 4) is 0 Å². The van der Waals surface area contributed by atoms with Gasteiger partial charge in [-0.05, 0) is 229 Å². The van der Waals surface area contributed by atoms with E-state index in [2.05, 4.69) is 4.90 Å². The van der Waals surface area contributed by atoms with Crippen molar-refractivity contribution in [2.75, 3.05) is 0 Å². The summed E-state index contributed by atoms with van der Waals surface area (Å²) in [6, 6.07) is 2.81. The third-order valence-corrected chi connectivity index (χ3v) is 24.2. The number of nitrogens with zero attached hydrogens (tertiary/aromatic N) is 1. The molecule has 0 saturated heterocycles. The van der Waals surface area contributed by atoms with Crippen molar-refractivity contribution in [1.29, 1.82) is 0 Å². The van der Waals surface area contributed by atoms with Gasteiger partial charge >= 0.3 is 0 Å². The molecule has 1 heteroatoms. The Kier molecular flexibility index (Phi) is 12.2. The van der Waals surface area contributed by atoms with Crippen molar-refractivity contribution in [2.24, 2.45) is 107 Å². The molecule has 0 spiro atoms. The lowest BCUT2D eigenvalue weighted by molar-refractivity contribution is -0.0621. The molecule has 15 unspecified atom stereocenters. The molecule has 12 fully saturated rings. The molecule has 0 amide bonds. The average molecular weight is 806 g/mol. The molecule has 0 radical (unpaired) electrons. The molecule has 12 aliphatic rings. The van der Waals surface area contributed by atoms with Gasteiger partial charge < -0.3 is 0 Å². The smallest absolute Gasteiger partial charge is 0.0132 e. The highest BCUT2D eigenvalue weighted by molar-refractivity contribution is 5.10. The van der Waals surface area contributed by atoms with E-state index in [1.165, 1.54) is 6.42 Å². The molecule has 0 aromatic carbocycles. The Morgan fingerprint density at radius 2 is 0.661 bits per heavy atom. The molecular weight excluding hydrogens is 711 g/mol. The highest BCUT2D eigenvalue weighted by atomic mass is 15.2. The molecular formula is C58H95N. The van der Waals surface area contributed by atoms with Gasteiger partial charge in [-0.1, -0.05) is 116 Å². The summed E-state index contributed by atoms with van der Waals surface area (Å²) in [5, 5.41) is 0. The van der Waals surface area contributed by atoms with E-state index >= 15 is 0 Å². The van der Waals surface area contributed by atoms with Gasteiger partial charge in [0.25, 0.3) is 0 Å². The average Bonchev–Trinajstić information content (AvgIpc) is 3.93. The summed E-state index contributed by atoms with van der Waals surface area (Å²) in [5.41, 5.74) is 0. The Hall–Kier alpha value is -0.0400. The van der Waals surface area contributed by atoms with Crippen LogP contribution < -0.4 is 0 Å². The van der Waals surface area contributed by atoms with Crippen LogP contribution in [0.25, 0.3) is 0 Å².